The van der Waals surface area contributed by atoms with Crippen LogP contribution in [0.4, 0.5) is 5.13 Å². The fraction of sp³-hybridized carbons (Fsp3) is 0.400. The Balaban J connectivity index is 2.54. The molecule has 0 spiro atoms. The molecule has 0 aromatic carbocycles. The van der Waals surface area contributed by atoms with Crippen LogP contribution in [0.2, 0.25) is 0 Å². The Kier molecular flexibility index (Phi) is 4.64. The first-order valence-corrected chi connectivity index (χ1v) is 5.36. The molecule has 15 heavy (non-hydrogen) atoms. The molecule has 5 heteroatoms. The molecule has 0 bridgehead atoms. The lowest BCUT2D eigenvalue weighted by molar-refractivity contribution is 0.0532. The standard InChI is InChI=1S/C10H12N2O2S/c1-3-5-6-11-10-12-7-8(15-10)9(13)14-4-2/h7H,4,6H2,1-2H3,(H,11,12). The van der Waals surface area contributed by atoms with Crippen LogP contribution in [0.3, 0.4) is 0 Å². The normalized spacial score (nSPS) is 8.93. The second kappa shape index (κ2) is 6.04. The number of anilines is 1. The third-order valence-corrected chi connectivity index (χ3v) is 2.42. The van der Waals surface area contributed by atoms with Gasteiger partial charge in [-0.15, -0.1) is 5.92 Å². The molecule has 0 amide bonds. The van der Waals surface area contributed by atoms with E-state index in [1.807, 2.05) is 0 Å². The third-order valence-electron chi connectivity index (χ3n) is 1.49. The van der Waals surface area contributed by atoms with E-state index in [-0.39, 0.29) is 5.97 Å². The summed E-state index contributed by atoms with van der Waals surface area (Å²) in [5.74, 6) is 5.28. The minimum Gasteiger partial charge on any atom is -0.462 e. The molecule has 0 radical (unpaired) electrons. The number of aromatic nitrogens is 1. The van der Waals surface area contributed by atoms with Crippen LogP contribution in [-0.4, -0.2) is 24.1 Å². The SMILES string of the molecule is CC#CCNc1ncc(C(=O)OCC)s1. The summed E-state index contributed by atoms with van der Waals surface area (Å²) in [7, 11) is 0. The summed E-state index contributed by atoms with van der Waals surface area (Å²) in [5, 5.41) is 3.67. The molecule has 0 saturated heterocycles. The van der Waals surface area contributed by atoms with Crippen LogP contribution in [-0.2, 0) is 4.74 Å². The molecule has 1 aromatic rings. The second-order valence-electron chi connectivity index (χ2n) is 2.53. The predicted molar refractivity (Wildman–Crippen MR) is 60.0 cm³/mol. The van der Waals surface area contributed by atoms with Gasteiger partial charge in [0, 0.05) is 0 Å². The first kappa shape index (κ1) is 11.5. The zero-order chi connectivity index (χ0) is 11.1. The predicted octanol–water partition coefficient (Wildman–Crippen LogP) is 1.75. The summed E-state index contributed by atoms with van der Waals surface area (Å²) in [6.07, 6.45) is 1.50. The Hall–Kier alpha value is -1.54. The van der Waals surface area contributed by atoms with Crippen LogP contribution in [0.1, 0.15) is 23.5 Å². The molecule has 0 aliphatic carbocycles. The zero-order valence-corrected chi connectivity index (χ0v) is 9.48. The largest absolute Gasteiger partial charge is 0.462 e. The fourth-order valence-corrected chi connectivity index (χ4v) is 1.57. The van der Waals surface area contributed by atoms with Crippen molar-refractivity contribution in [2.24, 2.45) is 0 Å². The smallest absolute Gasteiger partial charge is 0.350 e. The lowest BCUT2D eigenvalue weighted by Gasteiger charge is -1.96. The van der Waals surface area contributed by atoms with E-state index >= 15 is 0 Å². The Morgan fingerprint density at radius 2 is 2.53 bits per heavy atom. The number of thiazole rings is 1. The van der Waals surface area contributed by atoms with Crippen molar-refractivity contribution in [1.29, 1.82) is 0 Å². The summed E-state index contributed by atoms with van der Waals surface area (Å²) in [6, 6.07) is 0. The number of esters is 1. The van der Waals surface area contributed by atoms with Crippen LogP contribution >= 0.6 is 11.3 Å². The number of carbonyl (C=O) groups is 1. The minimum absolute atomic E-state index is 0.329. The quantitative estimate of drug-likeness (QED) is 0.625. The molecule has 0 saturated carbocycles. The number of carbonyl (C=O) groups excluding carboxylic acids is 1. The number of nitrogens with one attached hydrogen (secondary N) is 1. The van der Waals surface area contributed by atoms with Crippen molar-refractivity contribution >= 4 is 22.4 Å². The molecule has 4 nitrogen and oxygen atoms in total. The lowest BCUT2D eigenvalue weighted by Crippen LogP contribution is -2.01. The van der Waals surface area contributed by atoms with Gasteiger partial charge in [-0.05, 0) is 13.8 Å². The van der Waals surface area contributed by atoms with Crippen LogP contribution in [0, 0.1) is 11.8 Å². The average molecular weight is 224 g/mol. The van der Waals surface area contributed by atoms with Crippen LogP contribution in [0.5, 0.6) is 0 Å². The molecule has 0 unspecified atom stereocenters. The van der Waals surface area contributed by atoms with Crippen molar-refractivity contribution in [1.82, 2.24) is 4.98 Å². The highest BCUT2D eigenvalue weighted by molar-refractivity contribution is 7.17. The Morgan fingerprint density at radius 3 is 3.20 bits per heavy atom. The minimum atomic E-state index is -0.329. The van der Waals surface area contributed by atoms with Gasteiger partial charge in [0.05, 0.1) is 19.3 Å². The molecule has 1 N–H and O–H groups in total. The average Bonchev–Trinajstić information content (AvgIpc) is 2.67. The lowest BCUT2D eigenvalue weighted by atomic mass is 10.6. The van der Waals surface area contributed by atoms with Gasteiger partial charge in [0.15, 0.2) is 5.13 Å². The molecule has 1 rings (SSSR count). The molecule has 1 aromatic heterocycles. The Bertz CT molecular complexity index is 390. The van der Waals surface area contributed by atoms with Gasteiger partial charge in [-0.3, -0.25) is 0 Å². The number of hydrogen-bond acceptors (Lipinski definition) is 5. The highest BCUT2D eigenvalue weighted by Gasteiger charge is 2.10. The molecular formula is C10H12N2O2S. The maximum absolute atomic E-state index is 11.3. The summed E-state index contributed by atoms with van der Waals surface area (Å²) in [5.41, 5.74) is 0. The summed E-state index contributed by atoms with van der Waals surface area (Å²) in [6.45, 7) is 4.45. The van der Waals surface area contributed by atoms with Crippen LogP contribution in [0.25, 0.3) is 0 Å². The van der Waals surface area contributed by atoms with Gasteiger partial charge in [0.25, 0.3) is 0 Å². The third kappa shape index (κ3) is 3.60. The molecule has 0 aliphatic heterocycles. The van der Waals surface area contributed by atoms with E-state index < -0.39 is 0 Å². The monoisotopic (exact) mass is 224 g/mol. The zero-order valence-electron chi connectivity index (χ0n) is 8.66. The van der Waals surface area contributed by atoms with Crippen molar-refractivity contribution in [2.45, 2.75) is 13.8 Å². The van der Waals surface area contributed by atoms with Crippen molar-refractivity contribution in [3.63, 3.8) is 0 Å². The first-order chi connectivity index (χ1) is 7.27. The topological polar surface area (TPSA) is 51.2 Å². The number of hydrogen-bond donors (Lipinski definition) is 1. The van der Waals surface area contributed by atoms with E-state index in [4.69, 9.17) is 4.74 Å². The summed E-state index contributed by atoms with van der Waals surface area (Å²) in [4.78, 5) is 15.8. The highest BCUT2D eigenvalue weighted by Crippen LogP contribution is 2.18. The van der Waals surface area contributed by atoms with Gasteiger partial charge in [-0.25, -0.2) is 9.78 Å². The van der Waals surface area contributed by atoms with Crippen molar-refractivity contribution in [3.8, 4) is 11.8 Å². The van der Waals surface area contributed by atoms with Gasteiger partial charge in [0.1, 0.15) is 4.88 Å². The molecule has 0 aliphatic rings. The highest BCUT2D eigenvalue weighted by atomic mass is 32.1. The number of rotatable bonds is 4. The first-order valence-electron chi connectivity index (χ1n) is 4.54. The van der Waals surface area contributed by atoms with E-state index in [1.165, 1.54) is 17.5 Å². The van der Waals surface area contributed by atoms with E-state index in [0.717, 1.165) is 0 Å². The van der Waals surface area contributed by atoms with Crippen molar-refractivity contribution in [2.75, 3.05) is 18.5 Å². The molecule has 0 fully saturated rings. The van der Waals surface area contributed by atoms with Gasteiger partial charge >= 0.3 is 5.97 Å². The summed E-state index contributed by atoms with van der Waals surface area (Å²) >= 11 is 1.27. The van der Waals surface area contributed by atoms with E-state index in [2.05, 4.69) is 22.1 Å². The number of ether oxygens (including phenoxy) is 1. The van der Waals surface area contributed by atoms with E-state index in [0.29, 0.717) is 23.2 Å². The Labute approximate surface area is 92.7 Å². The van der Waals surface area contributed by atoms with Gasteiger partial charge in [-0.2, -0.15) is 0 Å². The maximum atomic E-state index is 11.3. The van der Waals surface area contributed by atoms with E-state index in [1.54, 1.807) is 13.8 Å². The van der Waals surface area contributed by atoms with Crippen molar-refractivity contribution in [3.05, 3.63) is 11.1 Å². The van der Waals surface area contributed by atoms with Crippen LogP contribution < -0.4 is 5.32 Å². The van der Waals surface area contributed by atoms with E-state index in [9.17, 15) is 4.79 Å². The van der Waals surface area contributed by atoms with Gasteiger partial charge < -0.3 is 10.1 Å². The molecular weight excluding hydrogens is 212 g/mol. The Morgan fingerprint density at radius 1 is 1.73 bits per heavy atom. The molecule has 1 heterocycles. The molecule has 80 valence electrons. The second-order valence-corrected chi connectivity index (χ2v) is 3.56. The maximum Gasteiger partial charge on any atom is 0.350 e. The van der Waals surface area contributed by atoms with Gasteiger partial charge in [-0.1, -0.05) is 17.3 Å². The summed E-state index contributed by atoms with van der Waals surface area (Å²) < 4.78 is 4.84. The van der Waals surface area contributed by atoms with Crippen molar-refractivity contribution < 1.29 is 9.53 Å². The number of nitrogens with zero attached hydrogens (tertiary/aromatic N) is 1. The molecule has 0 atom stereocenters. The van der Waals surface area contributed by atoms with Gasteiger partial charge in [0.2, 0.25) is 0 Å². The van der Waals surface area contributed by atoms with Crippen LogP contribution in [0.15, 0.2) is 6.20 Å². The fourth-order valence-electron chi connectivity index (χ4n) is 0.861.